The lowest BCUT2D eigenvalue weighted by Gasteiger charge is -2.15. The average molecular weight is 310 g/mol. The van der Waals surface area contributed by atoms with Gasteiger partial charge in [-0.15, -0.1) is 0 Å². The fourth-order valence-electron chi connectivity index (χ4n) is 3.36. The molecule has 1 N–H and O–H groups in total. The van der Waals surface area contributed by atoms with Crippen LogP contribution in [0, 0.1) is 24.2 Å². The third kappa shape index (κ3) is 3.29. The molecule has 23 heavy (non-hydrogen) atoms. The van der Waals surface area contributed by atoms with Crippen molar-refractivity contribution in [3.8, 4) is 6.07 Å². The number of pyridine rings is 1. The molecule has 2 aromatic heterocycles. The van der Waals surface area contributed by atoms with Crippen molar-refractivity contribution in [2.24, 2.45) is 13.0 Å². The van der Waals surface area contributed by atoms with Crippen molar-refractivity contribution in [1.29, 1.82) is 5.26 Å². The van der Waals surface area contributed by atoms with Crippen molar-refractivity contribution in [2.45, 2.75) is 26.0 Å². The Morgan fingerprint density at radius 2 is 2.09 bits per heavy atom. The van der Waals surface area contributed by atoms with Gasteiger partial charge in [0, 0.05) is 50.7 Å². The van der Waals surface area contributed by atoms with Gasteiger partial charge in [0.1, 0.15) is 11.8 Å². The Labute approximate surface area is 136 Å². The highest BCUT2D eigenvalue weighted by atomic mass is 16.3. The van der Waals surface area contributed by atoms with Crippen LogP contribution in [0.5, 0.6) is 0 Å². The molecule has 0 radical (unpaired) electrons. The molecule has 0 aromatic carbocycles. The van der Waals surface area contributed by atoms with E-state index < -0.39 is 0 Å². The van der Waals surface area contributed by atoms with E-state index in [0.29, 0.717) is 12.2 Å². The van der Waals surface area contributed by atoms with Crippen LogP contribution in [0.2, 0.25) is 0 Å². The summed E-state index contributed by atoms with van der Waals surface area (Å²) in [6, 6.07) is 8.20. The molecule has 0 bridgehead atoms. The highest BCUT2D eigenvalue weighted by Gasteiger charge is 2.31. The van der Waals surface area contributed by atoms with Gasteiger partial charge in [-0.1, -0.05) is 0 Å². The molecule has 1 fully saturated rings. The van der Waals surface area contributed by atoms with Crippen LogP contribution in [-0.2, 0) is 20.0 Å². The molecule has 0 spiro atoms. The summed E-state index contributed by atoms with van der Waals surface area (Å²) in [5.74, 6) is 0.247. The summed E-state index contributed by atoms with van der Waals surface area (Å²) in [5, 5.41) is 19.5. The van der Waals surface area contributed by atoms with Crippen LogP contribution in [0.15, 0.2) is 30.6 Å². The van der Waals surface area contributed by atoms with Crippen molar-refractivity contribution in [1.82, 2.24) is 14.5 Å². The lowest BCUT2D eigenvalue weighted by atomic mass is 9.97. The van der Waals surface area contributed by atoms with Gasteiger partial charge in [-0.25, -0.2) is 0 Å². The van der Waals surface area contributed by atoms with Crippen LogP contribution in [0.3, 0.4) is 0 Å². The van der Waals surface area contributed by atoms with Crippen molar-refractivity contribution in [3.05, 3.63) is 53.1 Å². The van der Waals surface area contributed by atoms with E-state index in [4.69, 9.17) is 5.26 Å². The van der Waals surface area contributed by atoms with E-state index in [1.54, 1.807) is 12.4 Å². The second-order valence-electron chi connectivity index (χ2n) is 6.39. The van der Waals surface area contributed by atoms with Crippen molar-refractivity contribution in [2.75, 3.05) is 13.1 Å². The second-order valence-corrected chi connectivity index (χ2v) is 6.39. The maximum atomic E-state index is 10.4. The number of aromatic nitrogens is 2. The minimum atomic E-state index is -0.303. The standard InChI is InChI=1S/C18H22N4O/c1-13-15(8-17(9-19)21(13)2)10-22-11-16(18(23)12-22)7-14-3-5-20-6-4-14/h3-6,8,16,18,23H,7,10-12H2,1-2H3/t16-,18-/m1/s1. The lowest BCUT2D eigenvalue weighted by Crippen LogP contribution is -2.21. The van der Waals surface area contributed by atoms with E-state index in [2.05, 4.69) is 16.0 Å². The molecule has 1 saturated heterocycles. The zero-order valence-electron chi connectivity index (χ0n) is 13.6. The fourth-order valence-corrected chi connectivity index (χ4v) is 3.36. The van der Waals surface area contributed by atoms with E-state index in [-0.39, 0.29) is 12.0 Å². The Morgan fingerprint density at radius 3 is 2.74 bits per heavy atom. The number of likely N-dealkylation sites (tertiary alicyclic amines) is 1. The third-order valence-electron chi connectivity index (χ3n) is 4.88. The van der Waals surface area contributed by atoms with Crippen LogP contribution >= 0.6 is 0 Å². The van der Waals surface area contributed by atoms with Gasteiger partial charge in [-0.3, -0.25) is 9.88 Å². The molecule has 3 heterocycles. The Balaban J connectivity index is 1.66. The molecule has 2 atom stereocenters. The number of aliphatic hydroxyl groups is 1. The molecular weight excluding hydrogens is 288 g/mol. The first-order valence-corrected chi connectivity index (χ1v) is 7.93. The summed E-state index contributed by atoms with van der Waals surface area (Å²) in [4.78, 5) is 6.31. The Bertz CT molecular complexity index is 717. The normalized spacial score (nSPS) is 21.5. The number of aliphatic hydroxyl groups excluding tert-OH is 1. The molecule has 1 aliphatic heterocycles. The zero-order chi connectivity index (χ0) is 16.4. The summed E-state index contributed by atoms with van der Waals surface area (Å²) in [5.41, 5.74) is 4.19. The lowest BCUT2D eigenvalue weighted by molar-refractivity contribution is 0.141. The van der Waals surface area contributed by atoms with Crippen molar-refractivity contribution < 1.29 is 5.11 Å². The molecule has 0 amide bonds. The first-order valence-electron chi connectivity index (χ1n) is 7.93. The molecule has 0 aliphatic carbocycles. The van der Waals surface area contributed by atoms with Gasteiger partial charge in [0.2, 0.25) is 0 Å². The molecule has 5 heteroatoms. The molecule has 2 aromatic rings. The average Bonchev–Trinajstić information content (AvgIpc) is 3.03. The Morgan fingerprint density at radius 1 is 1.35 bits per heavy atom. The molecule has 5 nitrogen and oxygen atoms in total. The van der Waals surface area contributed by atoms with Gasteiger partial charge in [0.15, 0.2) is 0 Å². The van der Waals surface area contributed by atoms with E-state index in [0.717, 1.165) is 25.2 Å². The predicted octanol–water partition coefficient (Wildman–Crippen LogP) is 1.64. The van der Waals surface area contributed by atoms with E-state index in [1.165, 1.54) is 11.1 Å². The SMILES string of the molecule is Cc1c(CN2C[C@@H](Cc3ccncc3)[C@H](O)C2)cc(C#N)n1C. The monoisotopic (exact) mass is 310 g/mol. The number of nitrogens with zero attached hydrogens (tertiary/aromatic N) is 4. The number of hydrogen-bond acceptors (Lipinski definition) is 4. The molecule has 3 rings (SSSR count). The van der Waals surface area contributed by atoms with Crippen LogP contribution in [0.25, 0.3) is 0 Å². The Kier molecular flexibility index (Phi) is 4.46. The Hall–Kier alpha value is -2.16. The minimum Gasteiger partial charge on any atom is -0.391 e. The first kappa shape index (κ1) is 15.7. The van der Waals surface area contributed by atoms with Crippen LogP contribution in [0.4, 0.5) is 0 Å². The number of nitriles is 1. The largest absolute Gasteiger partial charge is 0.391 e. The van der Waals surface area contributed by atoms with E-state index in [9.17, 15) is 5.11 Å². The van der Waals surface area contributed by atoms with Gasteiger partial charge >= 0.3 is 0 Å². The van der Waals surface area contributed by atoms with Crippen molar-refractivity contribution >= 4 is 0 Å². The second kappa shape index (κ2) is 6.53. The smallest absolute Gasteiger partial charge is 0.120 e. The van der Waals surface area contributed by atoms with Gasteiger partial charge in [-0.2, -0.15) is 5.26 Å². The summed E-state index contributed by atoms with van der Waals surface area (Å²) < 4.78 is 1.93. The summed E-state index contributed by atoms with van der Waals surface area (Å²) >= 11 is 0. The fraction of sp³-hybridized carbons (Fsp3) is 0.444. The topological polar surface area (TPSA) is 65.1 Å². The van der Waals surface area contributed by atoms with Gasteiger partial charge in [0.25, 0.3) is 0 Å². The minimum absolute atomic E-state index is 0.247. The molecule has 0 saturated carbocycles. The molecule has 1 aliphatic rings. The van der Waals surface area contributed by atoms with Crippen molar-refractivity contribution in [3.63, 3.8) is 0 Å². The maximum Gasteiger partial charge on any atom is 0.120 e. The number of β-amino-alcohol motifs (C(OH)–C–C–N with tert-alkyl or cyclic N) is 1. The molecule has 0 unspecified atom stereocenters. The summed E-state index contributed by atoms with van der Waals surface area (Å²) in [7, 11) is 1.92. The van der Waals surface area contributed by atoms with Gasteiger partial charge in [-0.05, 0) is 42.7 Å². The van der Waals surface area contributed by atoms with E-state index in [1.807, 2.05) is 36.7 Å². The first-order chi connectivity index (χ1) is 11.1. The number of rotatable bonds is 4. The highest BCUT2D eigenvalue weighted by Crippen LogP contribution is 2.24. The quantitative estimate of drug-likeness (QED) is 0.932. The summed E-state index contributed by atoms with van der Waals surface area (Å²) in [6.07, 6.45) is 4.16. The van der Waals surface area contributed by atoms with Crippen LogP contribution in [0.1, 0.15) is 22.5 Å². The van der Waals surface area contributed by atoms with Crippen LogP contribution < -0.4 is 0 Å². The predicted molar refractivity (Wildman–Crippen MR) is 87.6 cm³/mol. The molecule has 120 valence electrons. The summed E-state index contributed by atoms with van der Waals surface area (Å²) in [6.45, 7) is 4.38. The van der Waals surface area contributed by atoms with E-state index >= 15 is 0 Å². The van der Waals surface area contributed by atoms with Gasteiger partial charge < -0.3 is 9.67 Å². The highest BCUT2D eigenvalue weighted by molar-refractivity contribution is 5.34. The number of hydrogen-bond donors (Lipinski definition) is 1. The maximum absolute atomic E-state index is 10.4. The van der Waals surface area contributed by atoms with Crippen LogP contribution in [-0.4, -0.2) is 38.8 Å². The third-order valence-corrected chi connectivity index (χ3v) is 4.88. The zero-order valence-corrected chi connectivity index (χ0v) is 13.6. The van der Waals surface area contributed by atoms with Gasteiger partial charge in [0.05, 0.1) is 6.10 Å². The molecular formula is C18H22N4O.